The van der Waals surface area contributed by atoms with Crippen LogP contribution in [0.25, 0.3) is 0 Å². The second kappa shape index (κ2) is 7.48. The lowest BCUT2D eigenvalue weighted by molar-refractivity contribution is 0.179. The minimum absolute atomic E-state index is 0.130. The number of hydrogen-bond donors (Lipinski definition) is 1. The van der Waals surface area contributed by atoms with Gasteiger partial charge in [0, 0.05) is 16.6 Å². The average Bonchev–Trinajstić information content (AvgIpc) is 2.45. The quantitative estimate of drug-likeness (QED) is 0.844. The Kier molecular flexibility index (Phi) is 5.65. The number of halogens is 1. The number of rotatable bonds is 6. The van der Waals surface area contributed by atoms with E-state index in [0.717, 1.165) is 21.5 Å². The summed E-state index contributed by atoms with van der Waals surface area (Å²) in [7, 11) is 0. The highest BCUT2D eigenvalue weighted by molar-refractivity contribution is 9.10. The summed E-state index contributed by atoms with van der Waals surface area (Å²) in [5.74, 6) is 1.55. The number of hydrogen-bond acceptors (Lipinski definition) is 3. The van der Waals surface area contributed by atoms with Crippen molar-refractivity contribution in [2.45, 2.75) is 26.0 Å². The fourth-order valence-electron chi connectivity index (χ4n) is 2.11. The molecule has 2 atom stereocenters. The molecule has 0 saturated carbocycles. The first-order chi connectivity index (χ1) is 10.1. The van der Waals surface area contributed by atoms with Crippen LogP contribution in [-0.4, -0.2) is 12.6 Å². The molecule has 0 spiro atoms. The molecule has 0 heterocycles. The molecule has 0 saturated heterocycles. The zero-order valence-electron chi connectivity index (χ0n) is 12.3. The van der Waals surface area contributed by atoms with E-state index in [1.54, 1.807) is 0 Å². The molecule has 0 bridgehead atoms. The van der Waals surface area contributed by atoms with E-state index >= 15 is 0 Å². The third kappa shape index (κ3) is 4.48. The first-order valence-electron chi connectivity index (χ1n) is 7.00. The summed E-state index contributed by atoms with van der Waals surface area (Å²) in [6.07, 6.45) is -0.209. The fraction of sp³-hybridized carbons (Fsp3) is 0.294. The second-order valence-corrected chi connectivity index (χ2v) is 5.78. The molecule has 3 nitrogen and oxygen atoms in total. The van der Waals surface area contributed by atoms with Crippen molar-refractivity contribution in [3.8, 4) is 11.5 Å². The van der Waals surface area contributed by atoms with Crippen LogP contribution < -0.4 is 15.2 Å². The maximum absolute atomic E-state index is 6.09. The van der Waals surface area contributed by atoms with E-state index in [4.69, 9.17) is 15.2 Å². The molecular weight excluding hydrogens is 330 g/mol. The summed E-state index contributed by atoms with van der Waals surface area (Å²) in [5, 5.41) is 0. The molecule has 2 aromatic carbocycles. The highest BCUT2D eigenvalue weighted by Gasteiger charge is 2.18. The smallest absolute Gasteiger partial charge is 0.138 e. The molecule has 21 heavy (non-hydrogen) atoms. The predicted octanol–water partition coefficient (Wildman–Crippen LogP) is 4.32. The van der Waals surface area contributed by atoms with Crippen molar-refractivity contribution in [2.75, 3.05) is 6.61 Å². The average molecular weight is 350 g/mol. The molecule has 0 fully saturated rings. The van der Waals surface area contributed by atoms with E-state index in [2.05, 4.69) is 15.9 Å². The van der Waals surface area contributed by atoms with Crippen LogP contribution >= 0.6 is 15.9 Å². The summed E-state index contributed by atoms with van der Waals surface area (Å²) in [4.78, 5) is 0. The molecule has 0 radical (unpaired) electrons. The van der Waals surface area contributed by atoms with Gasteiger partial charge in [-0.15, -0.1) is 0 Å². The van der Waals surface area contributed by atoms with E-state index in [1.807, 2.05) is 62.4 Å². The number of benzene rings is 2. The minimum atomic E-state index is -0.209. The largest absolute Gasteiger partial charge is 0.494 e. The molecule has 2 aromatic rings. The van der Waals surface area contributed by atoms with E-state index < -0.39 is 0 Å². The first kappa shape index (κ1) is 15.9. The van der Waals surface area contributed by atoms with E-state index in [-0.39, 0.29) is 12.1 Å². The molecule has 2 N–H and O–H groups in total. The van der Waals surface area contributed by atoms with E-state index in [1.165, 1.54) is 0 Å². The lowest BCUT2D eigenvalue weighted by Crippen LogP contribution is -2.29. The third-order valence-electron chi connectivity index (χ3n) is 3.03. The molecule has 0 aliphatic heterocycles. The Morgan fingerprint density at radius 1 is 1.10 bits per heavy atom. The van der Waals surface area contributed by atoms with Gasteiger partial charge in [-0.25, -0.2) is 0 Å². The van der Waals surface area contributed by atoms with E-state index in [0.29, 0.717) is 6.61 Å². The topological polar surface area (TPSA) is 44.5 Å². The number of ether oxygens (including phenoxy) is 2. The van der Waals surface area contributed by atoms with Crippen molar-refractivity contribution < 1.29 is 9.47 Å². The Labute approximate surface area is 134 Å². The molecule has 2 unspecified atom stereocenters. The van der Waals surface area contributed by atoms with Gasteiger partial charge in [-0.2, -0.15) is 0 Å². The SMILES string of the molecule is CCOc1cccc(OC(c2cccc(Br)c2)C(C)N)c1. The minimum Gasteiger partial charge on any atom is -0.494 e. The van der Waals surface area contributed by atoms with Crippen molar-refractivity contribution in [1.29, 1.82) is 0 Å². The van der Waals surface area contributed by atoms with Gasteiger partial charge in [-0.3, -0.25) is 0 Å². The van der Waals surface area contributed by atoms with Crippen molar-refractivity contribution in [3.05, 3.63) is 58.6 Å². The van der Waals surface area contributed by atoms with Gasteiger partial charge in [0.05, 0.1) is 6.61 Å². The normalized spacial score (nSPS) is 13.5. The summed E-state index contributed by atoms with van der Waals surface area (Å²) in [5.41, 5.74) is 7.13. The van der Waals surface area contributed by atoms with Gasteiger partial charge in [-0.05, 0) is 43.7 Å². The van der Waals surface area contributed by atoms with E-state index in [9.17, 15) is 0 Å². The molecule has 4 heteroatoms. The molecule has 0 aliphatic carbocycles. The van der Waals surface area contributed by atoms with Crippen molar-refractivity contribution >= 4 is 15.9 Å². The highest BCUT2D eigenvalue weighted by atomic mass is 79.9. The van der Waals surface area contributed by atoms with Gasteiger partial charge in [0.15, 0.2) is 0 Å². The van der Waals surface area contributed by atoms with Crippen LogP contribution in [0.1, 0.15) is 25.5 Å². The molecular formula is C17H20BrNO2. The summed E-state index contributed by atoms with van der Waals surface area (Å²) in [6, 6.07) is 15.5. The fourth-order valence-corrected chi connectivity index (χ4v) is 2.53. The Morgan fingerprint density at radius 2 is 1.81 bits per heavy atom. The molecule has 0 amide bonds. The third-order valence-corrected chi connectivity index (χ3v) is 3.53. The zero-order chi connectivity index (χ0) is 15.2. The van der Waals surface area contributed by atoms with Crippen molar-refractivity contribution in [1.82, 2.24) is 0 Å². The standard InChI is InChI=1S/C17H20BrNO2/c1-3-20-15-8-5-9-16(11-15)21-17(12(2)19)13-6-4-7-14(18)10-13/h4-12,17H,3,19H2,1-2H3. The van der Waals surface area contributed by atoms with Gasteiger partial charge >= 0.3 is 0 Å². The molecule has 0 aliphatic rings. The van der Waals surface area contributed by atoms with Gasteiger partial charge in [0.25, 0.3) is 0 Å². The van der Waals surface area contributed by atoms with Crippen LogP contribution in [0, 0.1) is 0 Å². The van der Waals surface area contributed by atoms with Gasteiger partial charge in [0.2, 0.25) is 0 Å². The van der Waals surface area contributed by atoms with Gasteiger partial charge < -0.3 is 15.2 Å². The van der Waals surface area contributed by atoms with Gasteiger partial charge in [-0.1, -0.05) is 34.1 Å². The Hall–Kier alpha value is -1.52. The highest BCUT2D eigenvalue weighted by Crippen LogP contribution is 2.28. The Bertz CT molecular complexity index is 587. The van der Waals surface area contributed by atoms with Crippen LogP contribution in [-0.2, 0) is 0 Å². The number of nitrogens with two attached hydrogens (primary N) is 1. The van der Waals surface area contributed by atoms with Crippen LogP contribution in [0.2, 0.25) is 0 Å². The summed E-state index contributed by atoms with van der Waals surface area (Å²) in [6.45, 7) is 4.53. The summed E-state index contributed by atoms with van der Waals surface area (Å²) < 4.78 is 12.6. The van der Waals surface area contributed by atoms with Gasteiger partial charge in [0.1, 0.15) is 17.6 Å². The van der Waals surface area contributed by atoms with Crippen LogP contribution in [0.3, 0.4) is 0 Å². The van der Waals surface area contributed by atoms with Crippen LogP contribution in [0.15, 0.2) is 53.0 Å². The lowest BCUT2D eigenvalue weighted by atomic mass is 10.0. The monoisotopic (exact) mass is 349 g/mol. The second-order valence-electron chi connectivity index (χ2n) is 4.86. The molecule has 2 rings (SSSR count). The van der Waals surface area contributed by atoms with Crippen molar-refractivity contribution in [3.63, 3.8) is 0 Å². The van der Waals surface area contributed by atoms with Crippen LogP contribution in [0.5, 0.6) is 11.5 Å². The molecule has 112 valence electrons. The van der Waals surface area contributed by atoms with Crippen LogP contribution in [0.4, 0.5) is 0 Å². The predicted molar refractivity (Wildman–Crippen MR) is 88.8 cm³/mol. The Morgan fingerprint density at radius 3 is 2.48 bits per heavy atom. The maximum atomic E-state index is 6.09. The Balaban J connectivity index is 2.22. The zero-order valence-corrected chi connectivity index (χ0v) is 13.8. The lowest BCUT2D eigenvalue weighted by Gasteiger charge is -2.23. The first-order valence-corrected chi connectivity index (χ1v) is 7.80. The molecule has 0 aromatic heterocycles. The summed E-state index contributed by atoms with van der Waals surface area (Å²) >= 11 is 3.48. The maximum Gasteiger partial charge on any atom is 0.138 e. The van der Waals surface area contributed by atoms with Crippen molar-refractivity contribution in [2.24, 2.45) is 5.73 Å².